The Morgan fingerprint density at radius 2 is 2.04 bits per heavy atom. The van der Waals surface area contributed by atoms with E-state index in [1.807, 2.05) is 12.3 Å². The van der Waals surface area contributed by atoms with Crippen molar-refractivity contribution in [2.45, 2.75) is 33.5 Å². The van der Waals surface area contributed by atoms with Gasteiger partial charge < -0.3 is 10.1 Å². The van der Waals surface area contributed by atoms with Crippen molar-refractivity contribution in [3.8, 4) is 5.88 Å². The highest BCUT2D eigenvalue weighted by molar-refractivity contribution is 5.88. The van der Waals surface area contributed by atoms with Crippen LogP contribution in [-0.2, 0) is 6.54 Å². The molecule has 0 unspecified atom stereocenters. The third kappa shape index (κ3) is 5.34. The molecule has 3 aromatic rings. The van der Waals surface area contributed by atoms with Crippen LogP contribution in [-0.4, -0.2) is 39.1 Å². The van der Waals surface area contributed by atoms with Crippen LogP contribution in [0, 0.1) is 12.8 Å². The van der Waals surface area contributed by atoms with Gasteiger partial charge in [0.15, 0.2) is 6.61 Å². The van der Waals surface area contributed by atoms with Gasteiger partial charge in [0.05, 0.1) is 17.4 Å². The Kier molecular flexibility index (Phi) is 5.71. The van der Waals surface area contributed by atoms with Gasteiger partial charge in [-0.25, -0.2) is 9.97 Å². The molecule has 0 spiro atoms. The number of hydrogen-bond donors (Lipinski definition) is 1. The predicted octanol–water partition coefficient (Wildman–Crippen LogP) is 4.19. The Bertz CT molecular complexity index is 952. The van der Waals surface area contributed by atoms with Crippen LogP contribution in [0.3, 0.4) is 0 Å². The molecule has 0 bridgehead atoms. The maximum Gasteiger partial charge on any atom is 0.422 e. The van der Waals surface area contributed by atoms with Crippen molar-refractivity contribution in [1.29, 1.82) is 0 Å². The Morgan fingerprint density at radius 1 is 1.25 bits per heavy atom. The van der Waals surface area contributed by atoms with E-state index in [9.17, 15) is 13.2 Å². The van der Waals surface area contributed by atoms with E-state index in [2.05, 4.69) is 34.2 Å². The van der Waals surface area contributed by atoms with Crippen LogP contribution < -0.4 is 10.1 Å². The first-order chi connectivity index (χ1) is 13.2. The maximum atomic E-state index is 12.4. The molecule has 0 saturated heterocycles. The molecule has 9 heteroatoms. The second kappa shape index (κ2) is 8.04. The number of aryl methyl sites for hydroxylation is 1. The predicted molar refractivity (Wildman–Crippen MR) is 100 cm³/mol. The summed E-state index contributed by atoms with van der Waals surface area (Å²) < 4.78 is 43.6. The van der Waals surface area contributed by atoms with Crippen LogP contribution in [0.5, 0.6) is 5.88 Å². The van der Waals surface area contributed by atoms with Gasteiger partial charge in [0.2, 0.25) is 5.88 Å². The van der Waals surface area contributed by atoms with E-state index in [1.54, 1.807) is 23.9 Å². The van der Waals surface area contributed by atoms with Crippen LogP contribution in [0.2, 0.25) is 0 Å². The van der Waals surface area contributed by atoms with Gasteiger partial charge in [-0.2, -0.15) is 18.3 Å². The topological polar surface area (TPSA) is 64.9 Å². The smallest absolute Gasteiger partial charge is 0.422 e. The van der Waals surface area contributed by atoms with Crippen LogP contribution in [0.1, 0.15) is 25.1 Å². The normalized spacial score (nSPS) is 12.0. The Hall–Kier alpha value is -2.84. The molecule has 3 heterocycles. The summed E-state index contributed by atoms with van der Waals surface area (Å²) in [4.78, 5) is 8.38. The van der Waals surface area contributed by atoms with E-state index >= 15 is 0 Å². The van der Waals surface area contributed by atoms with Gasteiger partial charge in [0.25, 0.3) is 0 Å². The summed E-state index contributed by atoms with van der Waals surface area (Å²) in [6, 6.07) is 5.12. The maximum absolute atomic E-state index is 12.4. The lowest BCUT2D eigenvalue weighted by Gasteiger charge is -2.10. The van der Waals surface area contributed by atoms with Crippen LogP contribution >= 0.6 is 0 Å². The number of alkyl halides is 3. The summed E-state index contributed by atoms with van der Waals surface area (Å²) in [5.74, 6) is 1.18. The van der Waals surface area contributed by atoms with Gasteiger partial charge in [-0.15, -0.1) is 0 Å². The van der Waals surface area contributed by atoms with Gasteiger partial charge >= 0.3 is 6.18 Å². The number of aromatic nitrogens is 4. The number of rotatable bonds is 7. The molecule has 6 nitrogen and oxygen atoms in total. The molecule has 0 aliphatic carbocycles. The van der Waals surface area contributed by atoms with E-state index in [0.29, 0.717) is 18.2 Å². The van der Waals surface area contributed by atoms with Crippen molar-refractivity contribution in [3.63, 3.8) is 0 Å². The Balaban J connectivity index is 1.80. The molecule has 0 amide bonds. The standard InChI is InChI=1S/C19H22F3N5O/c1-12(2)8-24-18-15-10-27(26-16(15)4-5-23-18)9-14-6-13(3)25-17(7-14)28-11-19(20,21)22/h4-7,10,12H,8-9,11H2,1-3H3,(H,23,24). The monoisotopic (exact) mass is 393 g/mol. The third-order valence-electron chi connectivity index (χ3n) is 3.88. The second-order valence-electron chi connectivity index (χ2n) is 7.05. The first-order valence-electron chi connectivity index (χ1n) is 8.93. The van der Waals surface area contributed by atoms with E-state index in [0.717, 1.165) is 28.8 Å². The van der Waals surface area contributed by atoms with Gasteiger partial charge in [0, 0.05) is 30.7 Å². The van der Waals surface area contributed by atoms with Crippen molar-refractivity contribution in [2.24, 2.45) is 5.92 Å². The van der Waals surface area contributed by atoms with Crippen LogP contribution in [0.15, 0.2) is 30.6 Å². The molecule has 0 radical (unpaired) electrons. The average molecular weight is 393 g/mol. The van der Waals surface area contributed by atoms with E-state index in [1.165, 1.54) is 6.07 Å². The van der Waals surface area contributed by atoms with E-state index in [4.69, 9.17) is 4.74 Å². The highest BCUT2D eigenvalue weighted by Gasteiger charge is 2.28. The minimum Gasteiger partial charge on any atom is -0.468 e. The molecule has 150 valence electrons. The largest absolute Gasteiger partial charge is 0.468 e. The first-order valence-corrected chi connectivity index (χ1v) is 8.93. The zero-order valence-corrected chi connectivity index (χ0v) is 15.9. The molecule has 3 aromatic heterocycles. The van der Waals surface area contributed by atoms with Crippen molar-refractivity contribution >= 4 is 16.7 Å². The zero-order chi connectivity index (χ0) is 20.3. The van der Waals surface area contributed by atoms with Crippen LogP contribution in [0.25, 0.3) is 10.9 Å². The second-order valence-corrected chi connectivity index (χ2v) is 7.05. The number of hydrogen-bond acceptors (Lipinski definition) is 5. The number of nitrogens with zero attached hydrogens (tertiary/aromatic N) is 4. The molecule has 0 aromatic carbocycles. The Labute approximate surface area is 160 Å². The van der Waals surface area contributed by atoms with Crippen molar-refractivity contribution in [2.75, 3.05) is 18.5 Å². The van der Waals surface area contributed by atoms with E-state index in [-0.39, 0.29) is 5.88 Å². The summed E-state index contributed by atoms with van der Waals surface area (Å²) in [5, 5.41) is 8.74. The molecule has 3 rings (SSSR count). The highest BCUT2D eigenvalue weighted by Crippen LogP contribution is 2.22. The number of fused-ring (bicyclic) bond motifs is 1. The molecule has 0 aliphatic rings. The lowest BCUT2D eigenvalue weighted by atomic mass is 10.2. The minimum absolute atomic E-state index is 0.0509. The summed E-state index contributed by atoms with van der Waals surface area (Å²) in [6.07, 6.45) is -0.837. The molecule has 0 fully saturated rings. The quantitative estimate of drug-likeness (QED) is 0.652. The fourth-order valence-electron chi connectivity index (χ4n) is 2.73. The number of nitrogens with one attached hydrogen (secondary N) is 1. The first kappa shape index (κ1) is 19.9. The van der Waals surface area contributed by atoms with Crippen molar-refractivity contribution in [1.82, 2.24) is 19.7 Å². The molecule has 0 atom stereocenters. The summed E-state index contributed by atoms with van der Waals surface area (Å²) >= 11 is 0. The number of pyridine rings is 2. The lowest BCUT2D eigenvalue weighted by molar-refractivity contribution is -0.154. The zero-order valence-electron chi connectivity index (χ0n) is 15.9. The summed E-state index contributed by atoms with van der Waals surface area (Å²) in [7, 11) is 0. The lowest BCUT2D eigenvalue weighted by Crippen LogP contribution is -2.19. The average Bonchev–Trinajstić information content (AvgIpc) is 3.00. The number of anilines is 1. The van der Waals surface area contributed by atoms with Crippen molar-refractivity contribution in [3.05, 3.63) is 41.9 Å². The van der Waals surface area contributed by atoms with Gasteiger partial charge in [-0.1, -0.05) is 13.8 Å². The molecular formula is C19H22F3N5O. The SMILES string of the molecule is Cc1cc(Cn2cc3c(NCC(C)C)nccc3n2)cc(OCC(F)(F)F)n1. The molecular weight excluding hydrogens is 371 g/mol. The van der Waals surface area contributed by atoms with Crippen LogP contribution in [0.4, 0.5) is 19.0 Å². The Morgan fingerprint density at radius 3 is 2.75 bits per heavy atom. The van der Waals surface area contributed by atoms with Crippen molar-refractivity contribution < 1.29 is 17.9 Å². The molecule has 0 aliphatic heterocycles. The highest BCUT2D eigenvalue weighted by atomic mass is 19.4. The molecule has 1 N–H and O–H groups in total. The molecule has 0 saturated carbocycles. The fraction of sp³-hybridized carbons (Fsp3) is 0.421. The minimum atomic E-state index is -4.41. The summed E-state index contributed by atoms with van der Waals surface area (Å²) in [5.41, 5.74) is 2.12. The van der Waals surface area contributed by atoms with Gasteiger partial charge in [-0.3, -0.25) is 4.68 Å². The number of halogens is 3. The number of ether oxygens (including phenoxy) is 1. The summed E-state index contributed by atoms with van der Waals surface area (Å²) in [6.45, 7) is 5.73. The molecule has 28 heavy (non-hydrogen) atoms. The fourth-order valence-corrected chi connectivity index (χ4v) is 2.73. The van der Waals surface area contributed by atoms with Gasteiger partial charge in [0.1, 0.15) is 5.82 Å². The third-order valence-corrected chi connectivity index (χ3v) is 3.88. The van der Waals surface area contributed by atoms with Gasteiger partial charge in [-0.05, 0) is 30.5 Å². The van der Waals surface area contributed by atoms with E-state index < -0.39 is 12.8 Å².